The van der Waals surface area contributed by atoms with Crippen LogP contribution < -0.4 is 16.4 Å². The van der Waals surface area contributed by atoms with Gasteiger partial charge in [0, 0.05) is 25.3 Å². The number of hydrogen-bond donors (Lipinski definition) is 3. The number of Topliss-reactive ketones (excluding diaryl/α,β-unsaturated/α-hetero) is 1. The van der Waals surface area contributed by atoms with Gasteiger partial charge in [-0.1, -0.05) is 13.8 Å². The predicted octanol–water partition coefficient (Wildman–Crippen LogP) is 0.326. The predicted molar refractivity (Wildman–Crippen MR) is 105 cm³/mol. The molecule has 186 valence electrons. The summed E-state index contributed by atoms with van der Waals surface area (Å²) in [5.41, 5.74) is 3.55. The first-order chi connectivity index (χ1) is 15.2. The van der Waals surface area contributed by atoms with Crippen molar-refractivity contribution in [1.29, 1.82) is 0 Å². The third kappa shape index (κ3) is 6.89. The minimum atomic E-state index is -5.07. The molecule has 1 unspecified atom stereocenters. The fraction of sp³-hybridized carbons (Fsp3) is 0.750. The lowest BCUT2D eigenvalue weighted by Crippen LogP contribution is -2.57. The van der Waals surface area contributed by atoms with E-state index in [1.807, 2.05) is 0 Å². The number of primary amides is 1. The van der Waals surface area contributed by atoms with E-state index in [0.717, 1.165) is 0 Å². The van der Waals surface area contributed by atoms with E-state index in [-0.39, 0.29) is 31.6 Å². The van der Waals surface area contributed by atoms with Crippen molar-refractivity contribution in [3.8, 4) is 0 Å². The lowest BCUT2D eigenvalue weighted by atomic mass is 9.78. The van der Waals surface area contributed by atoms with Gasteiger partial charge in [0.2, 0.25) is 17.4 Å². The van der Waals surface area contributed by atoms with E-state index in [2.05, 4.69) is 15.4 Å². The molecule has 4 atom stereocenters. The molecule has 2 heterocycles. The van der Waals surface area contributed by atoms with E-state index in [0.29, 0.717) is 13.0 Å². The number of amides is 3. The summed E-state index contributed by atoms with van der Waals surface area (Å²) in [5.74, 6) is -6.28. The Morgan fingerprint density at radius 3 is 2.42 bits per heavy atom. The summed E-state index contributed by atoms with van der Waals surface area (Å²) in [6.45, 7) is 2.45. The third-order valence-corrected chi connectivity index (χ3v) is 5.77. The van der Waals surface area contributed by atoms with Crippen LogP contribution in [0.4, 0.5) is 13.2 Å². The van der Waals surface area contributed by atoms with Crippen LogP contribution in [0.2, 0.25) is 0 Å². The van der Waals surface area contributed by atoms with Crippen LogP contribution in [0, 0.1) is 17.8 Å². The van der Waals surface area contributed by atoms with Gasteiger partial charge in [0.15, 0.2) is 5.78 Å². The molecule has 4 N–H and O–H groups in total. The molecule has 33 heavy (non-hydrogen) atoms. The number of nitrogens with one attached hydrogen (secondary N) is 2. The number of hydrogen-bond acceptors (Lipinski definition) is 7. The Labute approximate surface area is 188 Å². The molecule has 2 aliphatic heterocycles. The van der Waals surface area contributed by atoms with Gasteiger partial charge in [0.25, 0.3) is 5.91 Å². The van der Waals surface area contributed by atoms with Gasteiger partial charge in [0.1, 0.15) is 6.61 Å². The number of nitrogens with two attached hydrogens (primary N) is 1. The molecular weight excluding hydrogens is 451 g/mol. The topological polar surface area (TPSA) is 154 Å². The maximum absolute atomic E-state index is 13.2. The largest absolute Gasteiger partial charge is 0.522 e. The first-order valence-corrected chi connectivity index (χ1v) is 10.6. The maximum atomic E-state index is 13.2. The molecule has 3 amide bonds. The van der Waals surface area contributed by atoms with Gasteiger partial charge in [-0.2, -0.15) is 0 Å². The quantitative estimate of drug-likeness (QED) is 0.361. The fourth-order valence-corrected chi connectivity index (χ4v) is 4.12. The van der Waals surface area contributed by atoms with E-state index in [1.165, 1.54) is 0 Å². The molecule has 2 aliphatic rings. The molecule has 10 nitrogen and oxygen atoms in total. The lowest BCUT2D eigenvalue weighted by Gasteiger charge is -2.34. The zero-order valence-corrected chi connectivity index (χ0v) is 18.3. The van der Waals surface area contributed by atoms with Crippen LogP contribution in [0.3, 0.4) is 0 Å². The molecular formula is C20H28F3N3O7. The number of carbonyl (C=O) groups is 5. The Hall–Kier alpha value is -2.70. The fourth-order valence-electron chi connectivity index (χ4n) is 4.12. The van der Waals surface area contributed by atoms with Crippen molar-refractivity contribution in [2.24, 2.45) is 23.5 Å². The molecule has 0 bridgehead atoms. The van der Waals surface area contributed by atoms with Crippen LogP contribution >= 0.6 is 0 Å². The van der Waals surface area contributed by atoms with Crippen molar-refractivity contribution < 1.29 is 46.6 Å². The van der Waals surface area contributed by atoms with Gasteiger partial charge < -0.3 is 21.1 Å². The molecule has 0 aromatic carbocycles. The number of esters is 1. The zero-order valence-electron chi connectivity index (χ0n) is 18.3. The Bertz CT molecular complexity index is 802. The molecule has 0 radical (unpaired) electrons. The second kappa shape index (κ2) is 10.5. The monoisotopic (exact) mass is 479 g/mol. The van der Waals surface area contributed by atoms with Crippen LogP contribution in [-0.2, 0) is 33.4 Å². The summed E-state index contributed by atoms with van der Waals surface area (Å²) in [7, 11) is 0. The summed E-state index contributed by atoms with van der Waals surface area (Å²) < 4.78 is 46.1. The number of ketones is 1. The Balaban J connectivity index is 2.28. The van der Waals surface area contributed by atoms with E-state index in [4.69, 9.17) is 10.5 Å². The summed E-state index contributed by atoms with van der Waals surface area (Å²) in [6, 6.07) is -1.50. The summed E-state index contributed by atoms with van der Waals surface area (Å²) in [4.78, 5) is 61.7. The van der Waals surface area contributed by atoms with Gasteiger partial charge in [0.05, 0.1) is 12.0 Å². The number of carbonyl (C=O) groups excluding carboxylic acids is 5. The first-order valence-electron chi connectivity index (χ1n) is 10.6. The second-order valence-corrected chi connectivity index (χ2v) is 8.68. The van der Waals surface area contributed by atoms with Crippen LogP contribution in [0.5, 0.6) is 0 Å². The standard InChI is InChI=1S/C20H28F3N3O7/c1-10(2)7-12(19(18(24)31)5-3-15(28)33-19)17(30)26-13(8-11-4-6-25-16(11)29)14(27)9-32-20(21,22)23/h10-13H,3-9H2,1-2H3,(H2,24,31)(H,25,29)(H,26,30)/t11-,12+,13-,19?/m0/s1. The van der Waals surface area contributed by atoms with Crippen LogP contribution in [0.15, 0.2) is 0 Å². The van der Waals surface area contributed by atoms with Crippen LogP contribution in [0.1, 0.15) is 46.0 Å². The van der Waals surface area contributed by atoms with Crippen molar-refractivity contribution >= 4 is 29.5 Å². The number of halogens is 3. The average Bonchev–Trinajstić information content (AvgIpc) is 3.29. The molecule has 0 aliphatic carbocycles. The molecule has 0 aromatic rings. The Morgan fingerprint density at radius 2 is 1.97 bits per heavy atom. The first kappa shape index (κ1) is 26.6. The highest BCUT2D eigenvalue weighted by atomic mass is 19.4. The van der Waals surface area contributed by atoms with E-state index >= 15 is 0 Å². The summed E-state index contributed by atoms with van der Waals surface area (Å²) in [5, 5.41) is 4.91. The van der Waals surface area contributed by atoms with Crippen molar-refractivity contribution in [1.82, 2.24) is 10.6 Å². The number of ether oxygens (including phenoxy) is 2. The molecule has 13 heteroatoms. The van der Waals surface area contributed by atoms with Crippen molar-refractivity contribution in [2.45, 2.75) is 64.0 Å². The maximum Gasteiger partial charge on any atom is 0.522 e. The molecule has 0 aromatic heterocycles. The summed E-state index contributed by atoms with van der Waals surface area (Å²) in [6.07, 6.45) is -5.23. The molecule has 0 saturated carbocycles. The highest BCUT2D eigenvalue weighted by molar-refractivity contribution is 5.97. The zero-order chi connectivity index (χ0) is 25.0. The molecule has 0 spiro atoms. The lowest BCUT2D eigenvalue weighted by molar-refractivity contribution is -0.321. The molecule has 2 saturated heterocycles. The van der Waals surface area contributed by atoms with E-state index in [9.17, 15) is 37.1 Å². The Morgan fingerprint density at radius 1 is 1.30 bits per heavy atom. The van der Waals surface area contributed by atoms with Crippen molar-refractivity contribution in [3.05, 3.63) is 0 Å². The minimum absolute atomic E-state index is 0.0475. The Kier molecular flexibility index (Phi) is 8.44. The normalized spacial score (nSPS) is 24.8. The van der Waals surface area contributed by atoms with Gasteiger partial charge in [-0.3, -0.25) is 28.7 Å². The van der Waals surface area contributed by atoms with Crippen molar-refractivity contribution in [2.75, 3.05) is 13.2 Å². The number of rotatable bonds is 11. The average molecular weight is 479 g/mol. The van der Waals surface area contributed by atoms with Gasteiger partial charge >= 0.3 is 12.3 Å². The van der Waals surface area contributed by atoms with Gasteiger partial charge in [-0.05, 0) is 25.2 Å². The summed E-state index contributed by atoms with van der Waals surface area (Å²) >= 11 is 0. The van der Waals surface area contributed by atoms with Gasteiger partial charge in [-0.15, -0.1) is 13.2 Å². The number of alkyl halides is 3. The minimum Gasteiger partial charge on any atom is -0.448 e. The SMILES string of the molecule is CC(C)C[C@H](C(=O)N[C@@H](C[C@@H]1CCNC1=O)C(=O)COC(F)(F)F)C1(C(N)=O)CCC(=O)O1. The third-order valence-electron chi connectivity index (χ3n) is 5.77. The highest BCUT2D eigenvalue weighted by Crippen LogP contribution is 2.37. The van der Waals surface area contributed by atoms with Crippen LogP contribution in [0.25, 0.3) is 0 Å². The number of cyclic esters (lactones) is 1. The van der Waals surface area contributed by atoms with Crippen LogP contribution in [-0.4, -0.2) is 60.6 Å². The van der Waals surface area contributed by atoms with E-state index in [1.54, 1.807) is 13.8 Å². The van der Waals surface area contributed by atoms with E-state index < -0.39 is 65.9 Å². The smallest absolute Gasteiger partial charge is 0.448 e. The highest BCUT2D eigenvalue weighted by Gasteiger charge is 2.55. The molecule has 2 fully saturated rings. The van der Waals surface area contributed by atoms with Gasteiger partial charge in [-0.25, -0.2) is 0 Å². The second-order valence-electron chi connectivity index (χ2n) is 8.68. The van der Waals surface area contributed by atoms with Crippen molar-refractivity contribution in [3.63, 3.8) is 0 Å². The molecule has 2 rings (SSSR count).